The van der Waals surface area contributed by atoms with E-state index in [0.29, 0.717) is 25.3 Å². The van der Waals surface area contributed by atoms with Crippen molar-refractivity contribution >= 4 is 10.0 Å². The molecule has 0 aromatic heterocycles. The Morgan fingerprint density at radius 2 is 2.00 bits per heavy atom. The van der Waals surface area contributed by atoms with Crippen molar-refractivity contribution in [3.63, 3.8) is 0 Å². The van der Waals surface area contributed by atoms with Crippen LogP contribution in [0.2, 0.25) is 0 Å². The summed E-state index contributed by atoms with van der Waals surface area (Å²) in [5.41, 5.74) is 5.35. The quantitative estimate of drug-likeness (QED) is 0.779. The van der Waals surface area contributed by atoms with Gasteiger partial charge in [-0.05, 0) is 43.5 Å². The summed E-state index contributed by atoms with van der Waals surface area (Å²) in [5.74, 6) is 0.611. The molecular weight excluding hydrogens is 292 g/mol. The van der Waals surface area contributed by atoms with E-state index in [1.54, 1.807) is 19.2 Å². The van der Waals surface area contributed by atoms with E-state index in [4.69, 9.17) is 15.2 Å². The molecule has 1 fully saturated rings. The van der Waals surface area contributed by atoms with Gasteiger partial charge in [-0.25, -0.2) is 13.1 Å². The van der Waals surface area contributed by atoms with Gasteiger partial charge in [0.1, 0.15) is 12.4 Å². The number of sulfonamides is 1. The van der Waals surface area contributed by atoms with Crippen LogP contribution in [0.15, 0.2) is 29.2 Å². The van der Waals surface area contributed by atoms with Crippen molar-refractivity contribution in [2.45, 2.75) is 36.3 Å². The lowest BCUT2D eigenvalue weighted by atomic mass is 10.3. The molecule has 0 bridgehead atoms. The van der Waals surface area contributed by atoms with Gasteiger partial charge in [-0.3, -0.25) is 0 Å². The lowest BCUT2D eigenvalue weighted by molar-refractivity contribution is 0.107. The second kappa shape index (κ2) is 7.22. The molecule has 0 saturated heterocycles. The molecule has 1 aromatic carbocycles. The Bertz CT molecular complexity index is 545. The van der Waals surface area contributed by atoms with Crippen LogP contribution in [0, 0.1) is 0 Å². The predicted molar refractivity (Wildman–Crippen MR) is 79.7 cm³/mol. The average molecular weight is 314 g/mol. The average Bonchev–Trinajstić information content (AvgIpc) is 2.92. The van der Waals surface area contributed by atoms with Crippen LogP contribution in [0.4, 0.5) is 0 Å². The van der Waals surface area contributed by atoms with E-state index in [9.17, 15) is 8.42 Å². The van der Waals surface area contributed by atoms with Crippen molar-refractivity contribution in [3.05, 3.63) is 24.3 Å². The molecule has 0 heterocycles. The van der Waals surface area contributed by atoms with Crippen LogP contribution in [0.25, 0.3) is 0 Å². The van der Waals surface area contributed by atoms with Crippen LogP contribution in [0.1, 0.15) is 19.3 Å². The fourth-order valence-corrected chi connectivity index (χ4v) is 3.72. The first kappa shape index (κ1) is 16.2. The summed E-state index contributed by atoms with van der Waals surface area (Å²) in [4.78, 5) is 0.239. The minimum atomic E-state index is -3.50. The first-order chi connectivity index (χ1) is 10.0. The van der Waals surface area contributed by atoms with E-state index >= 15 is 0 Å². The third kappa shape index (κ3) is 4.41. The molecule has 2 atom stereocenters. The van der Waals surface area contributed by atoms with Crippen molar-refractivity contribution in [2.24, 2.45) is 5.73 Å². The number of hydrogen-bond acceptors (Lipinski definition) is 5. The first-order valence-electron chi connectivity index (χ1n) is 7.03. The Labute approximate surface area is 125 Å². The Morgan fingerprint density at radius 1 is 1.29 bits per heavy atom. The van der Waals surface area contributed by atoms with Crippen LogP contribution in [-0.4, -0.2) is 40.8 Å². The van der Waals surface area contributed by atoms with E-state index in [1.165, 1.54) is 12.1 Å². The van der Waals surface area contributed by atoms with Crippen LogP contribution < -0.4 is 15.2 Å². The van der Waals surface area contributed by atoms with Gasteiger partial charge in [0.05, 0.1) is 11.0 Å². The largest absolute Gasteiger partial charge is 0.492 e. The number of nitrogens with one attached hydrogen (secondary N) is 1. The van der Waals surface area contributed by atoms with E-state index < -0.39 is 10.0 Å². The molecule has 1 aliphatic rings. The lowest BCUT2D eigenvalue weighted by Crippen LogP contribution is -2.33. The zero-order valence-electron chi connectivity index (χ0n) is 12.1. The van der Waals surface area contributed by atoms with E-state index in [1.807, 2.05) is 0 Å². The Morgan fingerprint density at radius 3 is 2.57 bits per heavy atom. The SMILES string of the molecule is COC1CCC(NS(=O)(=O)c2ccc(OCCN)cc2)C1. The number of nitrogens with two attached hydrogens (primary N) is 1. The maximum absolute atomic E-state index is 12.3. The minimum Gasteiger partial charge on any atom is -0.492 e. The number of ether oxygens (including phenoxy) is 2. The van der Waals surface area contributed by atoms with Gasteiger partial charge in [0.25, 0.3) is 0 Å². The Kier molecular flexibility index (Phi) is 5.58. The molecule has 0 radical (unpaired) electrons. The summed E-state index contributed by atoms with van der Waals surface area (Å²) in [6.45, 7) is 0.828. The summed E-state index contributed by atoms with van der Waals surface area (Å²) in [6, 6.07) is 6.29. The molecule has 2 rings (SSSR count). The molecule has 7 heteroatoms. The second-order valence-corrected chi connectivity index (χ2v) is 6.81. The van der Waals surface area contributed by atoms with Gasteiger partial charge in [0.15, 0.2) is 0 Å². The number of hydrogen-bond donors (Lipinski definition) is 2. The molecule has 0 amide bonds. The highest BCUT2D eigenvalue weighted by Crippen LogP contribution is 2.23. The van der Waals surface area contributed by atoms with E-state index in [2.05, 4.69) is 4.72 Å². The molecular formula is C14H22N2O4S. The number of benzene rings is 1. The third-order valence-electron chi connectivity index (χ3n) is 3.56. The van der Waals surface area contributed by atoms with Crippen LogP contribution >= 0.6 is 0 Å². The van der Waals surface area contributed by atoms with Gasteiger partial charge < -0.3 is 15.2 Å². The molecule has 1 aromatic rings. The topological polar surface area (TPSA) is 90.6 Å². The van der Waals surface area contributed by atoms with Gasteiger partial charge in [-0.15, -0.1) is 0 Å². The fraction of sp³-hybridized carbons (Fsp3) is 0.571. The Hall–Kier alpha value is -1.15. The van der Waals surface area contributed by atoms with Gasteiger partial charge in [0.2, 0.25) is 10.0 Å². The summed E-state index contributed by atoms with van der Waals surface area (Å²) in [7, 11) is -1.84. The Balaban J connectivity index is 1.99. The normalized spacial score (nSPS) is 22.4. The molecule has 2 unspecified atom stereocenters. The zero-order chi connectivity index (χ0) is 15.3. The maximum Gasteiger partial charge on any atom is 0.240 e. The minimum absolute atomic E-state index is 0.0619. The lowest BCUT2D eigenvalue weighted by Gasteiger charge is -2.13. The van der Waals surface area contributed by atoms with Crippen molar-refractivity contribution < 1.29 is 17.9 Å². The third-order valence-corrected chi connectivity index (χ3v) is 5.10. The highest BCUT2D eigenvalue weighted by molar-refractivity contribution is 7.89. The maximum atomic E-state index is 12.3. The zero-order valence-corrected chi connectivity index (χ0v) is 12.9. The highest BCUT2D eigenvalue weighted by Gasteiger charge is 2.28. The summed E-state index contributed by atoms with van der Waals surface area (Å²) in [6.07, 6.45) is 2.54. The molecule has 3 N–H and O–H groups in total. The summed E-state index contributed by atoms with van der Waals surface area (Å²) in [5, 5.41) is 0. The van der Waals surface area contributed by atoms with Crippen molar-refractivity contribution in [1.82, 2.24) is 4.72 Å². The molecule has 1 saturated carbocycles. The standard InChI is InChI=1S/C14H22N2O4S/c1-19-13-3-2-11(10-13)16-21(17,18)14-6-4-12(5-7-14)20-9-8-15/h4-7,11,13,16H,2-3,8-10,15H2,1H3. The van der Waals surface area contributed by atoms with Crippen LogP contribution in [0.5, 0.6) is 5.75 Å². The van der Waals surface area contributed by atoms with Gasteiger partial charge in [-0.1, -0.05) is 0 Å². The van der Waals surface area contributed by atoms with Gasteiger partial charge >= 0.3 is 0 Å². The molecule has 6 nitrogen and oxygen atoms in total. The van der Waals surface area contributed by atoms with Gasteiger partial charge in [0, 0.05) is 19.7 Å². The highest BCUT2D eigenvalue weighted by atomic mass is 32.2. The number of rotatable bonds is 7. The predicted octanol–water partition coefficient (Wildman–Crippen LogP) is 0.870. The van der Waals surface area contributed by atoms with Crippen LogP contribution in [-0.2, 0) is 14.8 Å². The van der Waals surface area contributed by atoms with Gasteiger partial charge in [-0.2, -0.15) is 0 Å². The monoisotopic (exact) mass is 314 g/mol. The van der Waals surface area contributed by atoms with Crippen molar-refractivity contribution in [3.8, 4) is 5.75 Å². The fourth-order valence-electron chi connectivity index (χ4n) is 2.44. The molecule has 0 spiro atoms. The molecule has 21 heavy (non-hydrogen) atoms. The molecule has 0 aliphatic heterocycles. The molecule has 1 aliphatic carbocycles. The number of methoxy groups -OCH3 is 1. The first-order valence-corrected chi connectivity index (χ1v) is 8.51. The molecule has 118 valence electrons. The van der Waals surface area contributed by atoms with Crippen molar-refractivity contribution in [1.29, 1.82) is 0 Å². The van der Waals surface area contributed by atoms with E-state index in [-0.39, 0.29) is 17.0 Å². The van der Waals surface area contributed by atoms with Crippen molar-refractivity contribution in [2.75, 3.05) is 20.3 Å². The smallest absolute Gasteiger partial charge is 0.240 e. The van der Waals surface area contributed by atoms with Crippen LogP contribution in [0.3, 0.4) is 0 Å². The summed E-state index contributed by atoms with van der Waals surface area (Å²) >= 11 is 0. The second-order valence-electron chi connectivity index (χ2n) is 5.10. The van der Waals surface area contributed by atoms with E-state index in [0.717, 1.165) is 12.8 Å². The summed E-state index contributed by atoms with van der Waals surface area (Å²) < 4.78 is 37.9.